The van der Waals surface area contributed by atoms with Crippen LogP contribution in [0.2, 0.25) is 0 Å². The van der Waals surface area contributed by atoms with E-state index in [1.807, 2.05) is 65.2 Å². The summed E-state index contributed by atoms with van der Waals surface area (Å²) in [5, 5.41) is 12.1. The van der Waals surface area contributed by atoms with Crippen molar-refractivity contribution in [3.05, 3.63) is 93.4 Å². The van der Waals surface area contributed by atoms with Gasteiger partial charge in [0.15, 0.2) is 0 Å². The first-order chi connectivity index (χ1) is 15.0. The monoisotopic (exact) mass is 413 g/mol. The highest BCUT2D eigenvalue weighted by Crippen LogP contribution is 2.23. The first-order valence-corrected chi connectivity index (χ1v) is 10.6. The Morgan fingerprint density at radius 1 is 1.06 bits per heavy atom. The predicted octanol–water partition coefficient (Wildman–Crippen LogP) is 4.41. The van der Waals surface area contributed by atoms with Gasteiger partial charge in [-0.25, -0.2) is 0 Å². The van der Waals surface area contributed by atoms with Gasteiger partial charge in [0, 0.05) is 24.7 Å². The van der Waals surface area contributed by atoms with Crippen LogP contribution in [-0.2, 0) is 24.3 Å². The first kappa shape index (κ1) is 22.0. The lowest BCUT2D eigenvalue weighted by atomic mass is 9.99. The van der Waals surface area contributed by atoms with E-state index in [1.165, 1.54) is 6.92 Å². The molecule has 0 atom stereocenters. The SMILES string of the molecule is CCCCc1ccc(CNC(C)=O)c(=O)n1Cc1ccc(-c2ccccc2C#N)cc1. The van der Waals surface area contributed by atoms with Crippen LogP contribution in [0.5, 0.6) is 0 Å². The van der Waals surface area contributed by atoms with Gasteiger partial charge in [-0.2, -0.15) is 5.26 Å². The number of nitriles is 1. The van der Waals surface area contributed by atoms with Gasteiger partial charge in [-0.1, -0.05) is 55.8 Å². The molecule has 0 unspecified atom stereocenters. The highest BCUT2D eigenvalue weighted by Gasteiger charge is 2.11. The zero-order chi connectivity index (χ0) is 22.2. The summed E-state index contributed by atoms with van der Waals surface area (Å²) >= 11 is 0. The molecule has 0 fully saturated rings. The van der Waals surface area contributed by atoms with Crippen molar-refractivity contribution in [2.45, 2.75) is 46.2 Å². The van der Waals surface area contributed by atoms with Crippen LogP contribution in [0.3, 0.4) is 0 Å². The van der Waals surface area contributed by atoms with E-state index in [4.69, 9.17) is 0 Å². The van der Waals surface area contributed by atoms with E-state index in [0.717, 1.165) is 41.6 Å². The quantitative estimate of drug-likeness (QED) is 0.594. The van der Waals surface area contributed by atoms with E-state index in [2.05, 4.69) is 18.3 Å². The second-order valence-corrected chi connectivity index (χ2v) is 7.61. The molecule has 1 heterocycles. The molecule has 5 nitrogen and oxygen atoms in total. The summed E-state index contributed by atoms with van der Waals surface area (Å²) in [6.07, 6.45) is 2.89. The molecule has 3 aromatic rings. The molecule has 1 amide bonds. The summed E-state index contributed by atoms with van der Waals surface area (Å²) in [4.78, 5) is 24.4. The number of pyridine rings is 1. The van der Waals surface area contributed by atoms with E-state index in [-0.39, 0.29) is 18.0 Å². The lowest BCUT2D eigenvalue weighted by Crippen LogP contribution is -2.31. The standard InChI is InChI=1S/C26H27N3O2/c1-3-4-8-24-15-14-23(17-28-19(2)30)26(31)29(24)18-20-10-12-21(13-11-20)25-9-6-5-7-22(25)16-27/h5-7,9-15H,3-4,8,17-18H2,1-2H3,(H,28,30). The van der Waals surface area contributed by atoms with Crippen molar-refractivity contribution in [2.75, 3.05) is 0 Å². The van der Waals surface area contributed by atoms with Gasteiger partial charge in [0.25, 0.3) is 5.56 Å². The maximum Gasteiger partial charge on any atom is 0.256 e. The van der Waals surface area contributed by atoms with Crippen molar-refractivity contribution in [2.24, 2.45) is 0 Å². The number of nitrogens with zero attached hydrogens (tertiary/aromatic N) is 2. The maximum atomic E-state index is 13.1. The van der Waals surface area contributed by atoms with Crippen molar-refractivity contribution in [3.63, 3.8) is 0 Å². The van der Waals surface area contributed by atoms with Crippen molar-refractivity contribution in [1.29, 1.82) is 5.26 Å². The zero-order valence-electron chi connectivity index (χ0n) is 18.0. The Morgan fingerprint density at radius 3 is 2.48 bits per heavy atom. The summed E-state index contributed by atoms with van der Waals surface area (Å²) < 4.78 is 1.81. The molecule has 31 heavy (non-hydrogen) atoms. The van der Waals surface area contributed by atoms with Crippen molar-refractivity contribution in [3.8, 4) is 17.2 Å². The van der Waals surface area contributed by atoms with Crippen LogP contribution in [-0.4, -0.2) is 10.5 Å². The van der Waals surface area contributed by atoms with Crippen LogP contribution < -0.4 is 10.9 Å². The number of hydrogen-bond acceptors (Lipinski definition) is 3. The van der Waals surface area contributed by atoms with E-state index in [0.29, 0.717) is 17.7 Å². The largest absolute Gasteiger partial charge is 0.352 e. The molecule has 0 bridgehead atoms. The number of aryl methyl sites for hydroxylation is 1. The minimum Gasteiger partial charge on any atom is -0.352 e. The van der Waals surface area contributed by atoms with Crippen LogP contribution in [0.25, 0.3) is 11.1 Å². The molecule has 0 saturated carbocycles. The third-order valence-electron chi connectivity index (χ3n) is 5.31. The molecule has 0 aliphatic heterocycles. The average Bonchev–Trinajstić information content (AvgIpc) is 2.79. The van der Waals surface area contributed by atoms with Gasteiger partial charge >= 0.3 is 0 Å². The Bertz CT molecular complexity index is 1150. The van der Waals surface area contributed by atoms with E-state index in [9.17, 15) is 14.9 Å². The minimum atomic E-state index is -0.158. The predicted molar refractivity (Wildman–Crippen MR) is 123 cm³/mol. The molecule has 0 radical (unpaired) electrons. The van der Waals surface area contributed by atoms with Crippen LogP contribution >= 0.6 is 0 Å². The smallest absolute Gasteiger partial charge is 0.256 e. The number of hydrogen-bond donors (Lipinski definition) is 1. The first-order valence-electron chi connectivity index (χ1n) is 10.6. The molecule has 2 aromatic carbocycles. The molecule has 1 N–H and O–H groups in total. The number of carbonyl (C=O) groups is 1. The molecular weight excluding hydrogens is 386 g/mol. The van der Waals surface area contributed by atoms with Crippen molar-refractivity contribution >= 4 is 5.91 Å². The fourth-order valence-corrected chi connectivity index (χ4v) is 3.57. The Hall–Kier alpha value is -3.65. The number of nitrogens with one attached hydrogen (secondary N) is 1. The molecule has 1 aromatic heterocycles. The molecule has 0 saturated heterocycles. The van der Waals surface area contributed by atoms with Gasteiger partial charge in [-0.15, -0.1) is 0 Å². The number of amides is 1. The third kappa shape index (κ3) is 5.49. The van der Waals surface area contributed by atoms with Crippen LogP contribution in [0, 0.1) is 11.3 Å². The average molecular weight is 414 g/mol. The molecule has 3 rings (SSSR count). The third-order valence-corrected chi connectivity index (χ3v) is 5.31. The van der Waals surface area contributed by atoms with Gasteiger partial charge in [-0.3, -0.25) is 9.59 Å². The molecule has 5 heteroatoms. The Morgan fingerprint density at radius 2 is 1.81 bits per heavy atom. The Labute approximate surface area is 183 Å². The zero-order valence-corrected chi connectivity index (χ0v) is 18.0. The lowest BCUT2D eigenvalue weighted by molar-refractivity contribution is -0.119. The number of unbranched alkanes of at least 4 members (excludes halogenated alkanes) is 1. The van der Waals surface area contributed by atoms with E-state index >= 15 is 0 Å². The highest BCUT2D eigenvalue weighted by atomic mass is 16.1. The summed E-state index contributed by atoms with van der Waals surface area (Å²) in [5.41, 5.74) is 5.02. The van der Waals surface area contributed by atoms with Crippen molar-refractivity contribution < 1.29 is 4.79 Å². The second-order valence-electron chi connectivity index (χ2n) is 7.61. The maximum absolute atomic E-state index is 13.1. The number of carbonyl (C=O) groups excluding carboxylic acids is 1. The van der Waals surface area contributed by atoms with E-state index in [1.54, 1.807) is 0 Å². The van der Waals surface area contributed by atoms with Crippen LogP contribution in [0.1, 0.15) is 49.1 Å². The van der Waals surface area contributed by atoms with Crippen LogP contribution in [0.4, 0.5) is 0 Å². The highest BCUT2D eigenvalue weighted by molar-refractivity contribution is 5.72. The second kappa shape index (κ2) is 10.4. The van der Waals surface area contributed by atoms with Crippen molar-refractivity contribution in [1.82, 2.24) is 9.88 Å². The summed E-state index contributed by atoms with van der Waals surface area (Å²) in [6.45, 7) is 4.27. The van der Waals surface area contributed by atoms with Gasteiger partial charge < -0.3 is 9.88 Å². The molecular formula is C26H27N3O2. The number of aromatic nitrogens is 1. The number of benzene rings is 2. The van der Waals surface area contributed by atoms with E-state index < -0.39 is 0 Å². The normalized spacial score (nSPS) is 10.5. The van der Waals surface area contributed by atoms with Crippen LogP contribution in [0.15, 0.2) is 65.5 Å². The number of rotatable bonds is 8. The fourth-order valence-electron chi connectivity index (χ4n) is 3.57. The topological polar surface area (TPSA) is 74.9 Å². The molecule has 0 spiro atoms. The van der Waals surface area contributed by atoms with Gasteiger partial charge in [-0.05, 0) is 47.7 Å². The minimum absolute atomic E-state index is 0.0683. The van der Waals surface area contributed by atoms with Gasteiger partial charge in [0.1, 0.15) is 0 Å². The summed E-state index contributed by atoms with van der Waals surface area (Å²) in [5.74, 6) is -0.158. The molecule has 158 valence electrons. The summed E-state index contributed by atoms with van der Waals surface area (Å²) in [7, 11) is 0. The fraction of sp³-hybridized carbons (Fsp3) is 0.269. The van der Waals surface area contributed by atoms with Gasteiger partial charge in [0.05, 0.1) is 18.2 Å². The molecule has 0 aliphatic rings. The van der Waals surface area contributed by atoms with Gasteiger partial charge in [0.2, 0.25) is 5.91 Å². The Balaban J connectivity index is 1.91. The Kier molecular flexibility index (Phi) is 7.40. The lowest BCUT2D eigenvalue weighted by Gasteiger charge is -2.15. The molecule has 0 aliphatic carbocycles. The summed E-state index contributed by atoms with van der Waals surface area (Å²) in [6, 6.07) is 21.5.